The number of benzene rings is 8. The van der Waals surface area contributed by atoms with Gasteiger partial charge in [0.25, 0.3) is 0 Å². The number of hydrogen-bond acceptors (Lipinski definition) is 1. The summed E-state index contributed by atoms with van der Waals surface area (Å²) in [4.78, 5) is 2.62. The normalized spacial score (nSPS) is 15.5. The van der Waals surface area contributed by atoms with Crippen LogP contribution in [0.25, 0.3) is 82.5 Å². The topological polar surface area (TPSA) is 18.0 Å². The van der Waals surface area contributed by atoms with Crippen molar-refractivity contribution in [3.8, 4) is 17.1 Å². The smallest absolute Gasteiger partial charge is 0.0788 e. The molecule has 4 heteroatoms. The van der Waals surface area contributed by atoms with Crippen molar-refractivity contribution >= 4 is 76.8 Å². The fraction of sp³-hybridized carbons (Fsp3) is 0.111. The van der Waals surface area contributed by atoms with Gasteiger partial charge in [0.15, 0.2) is 0 Å². The molecule has 58 heavy (non-hydrogen) atoms. The molecule has 0 radical (unpaired) electrons. The molecule has 0 fully saturated rings. The van der Waals surface area contributed by atoms with Crippen LogP contribution in [0.2, 0.25) is 0 Å². The van der Waals surface area contributed by atoms with E-state index in [1.54, 1.807) is 0 Å². The number of aromatic nitrogens is 3. The molecule has 2 atom stereocenters. The third-order valence-electron chi connectivity index (χ3n) is 12.9. The van der Waals surface area contributed by atoms with Gasteiger partial charge in [-0.25, -0.2) is 0 Å². The van der Waals surface area contributed by atoms with E-state index in [0.29, 0.717) is 12.0 Å². The van der Waals surface area contributed by atoms with E-state index < -0.39 is 0 Å². The molecule has 12 rings (SSSR count). The van der Waals surface area contributed by atoms with Gasteiger partial charge >= 0.3 is 0 Å². The lowest BCUT2D eigenvalue weighted by Crippen LogP contribution is -2.29. The first-order chi connectivity index (χ1) is 28.7. The molecule has 278 valence electrons. The highest BCUT2D eigenvalue weighted by atomic mass is 15.2. The van der Waals surface area contributed by atoms with Crippen LogP contribution in [-0.4, -0.2) is 19.7 Å². The summed E-state index contributed by atoms with van der Waals surface area (Å²) in [6.07, 6.45) is 2.28. The SMILES string of the molecule is CCCC1C(C)c2c(ccc3c4ccccc4n(-c4ccc(-n5c6ccccc6c6ccc7c8ccccc8n(-c8ccccc8)c7c65)cc4)c23)N1c1ccccc1. The van der Waals surface area contributed by atoms with Crippen molar-refractivity contribution in [3.05, 3.63) is 188 Å². The highest BCUT2D eigenvalue weighted by Gasteiger charge is 2.38. The van der Waals surface area contributed by atoms with Crippen LogP contribution in [0.5, 0.6) is 0 Å². The molecule has 0 saturated carbocycles. The van der Waals surface area contributed by atoms with Crippen LogP contribution >= 0.6 is 0 Å². The van der Waals surface area contributed by atoms with Crippen LogP contribution in [-0.2, 0) is 0 Å². The number of fused-ring (bicyclic) bond motifs is 12. The maximum absolute atomic E-state index is 2.62. The lowest BCUT2D eigenvalue weighted by atomic mass is 9.92. The third kappa shape index (κ3) is 4.57. The molecule has 4 heterocycles. The Morgan fingerprint density at radius 2 is 0.776 bits per heavy atom. The van der Waals surface area contributed by atoms with E-state index in [4.69, 9.17) is 0 Å². The van der Waals surface area contributed by atoms with E-state index in [2.05, 4.69) is 214 Å². The predicted molar refractivity (Wildman–Crippen MR) is 245 cm³/mol. The minimum Gasteiger partial charge on any atom is -0.337 e. The van der Waals surface area contributed by atoms with Gasteiger partial charge in [0.2, 0.25) is 0 Å². The van der Waals surface area contributed by atoms with Gasteiger partial charge in [-0.1, -0.05) is 129 Å². The zero-order chi connectivity index (χ0) is 38.5. The molecule has 1 aliphatic rings. The molecule has 0 N–H and O–H groups in total. The van der Waals surface area contributed by atoms with Crippen molar-refractivity contribution < 1.29 is 0 Å². The van der Waals surface area contributed by atoms with Crippen LogP contribution in [0.15, 0.2) is 182 Å². The maximum atomic E-state index is 2.62. The molecule has 11 aromatic rings. The Morgan fingerprint density at radius 3 is 1.28 bits per heavy atom. The number of hydrogen-bond donors (Lipinski definition) is 0. The zero-order valence-electron chi connectivity index (χ0n) is 32.7. The summed E-state index contributed by atoms with van der Waals surface area (Å²) >= 11 is 0. The lowest BCUT2D eigenvalue weighted by molar-refractivity contribution is 0.544. The fourth-order valence-electron chi connectivity index (χ4n) is 10.6. The molecular weight excluding hydrogens is 705 g/mol. The molecule has 1 aliphatic heterocycles. The van der Waals surface area contributed by atoms with E-state index in [1.807, 2.05) is 0 Å². The second-order valence-electron chi connectivity index (χ2n) is 16.0. The quantitative estimate of drug-likeness (QED) is 0.166. The first-order valence-electron chi connectivity index (χ1n) is 20.7. The second kappa shape index (κ2) is 12.7. The zero-order valence-corrected chi connectivity index (χ0v) is 32.7. The Bertz CT molecular complexity index is 3370. The summed E-state index contributed by atoms with van der Waals surface area (Å²) in [7, 11) is 0. The van der Waals surface area contributed by atoms with Crippen LogP contribution in [0.4, 0.5) is 11.4 Å². The number of rotatable bonds is 6. The second-order valence-corrected chi connectivity index (χ2v) is 16.0. The molecule has 3 aromatic heterocycles. The van der Waals surface area contributed by atoms with Crippen molar-refractivity contribution in [3.63, 3.8) is 0 Å². The average molecular weight is 747 g/mol. The van der Waals surface area contributed by atoms with Crippen LogP contribution in [0.1, 0.15) is 38.2 Å². The first-order valence-corrected chi connectivity index (χ1v) is 20.7. The standard InChI is InChI=1S/C54H42N4/c1-3-16-46-35(2)51-50(55(46)36-17-6-4-7-18-36)34-33-43-40-21-10-13-24-47(40)56(52(43)51)38-27-29-39(30-28-38)58-49-26-15-12-23-42(49)45-32-31-44-41-22-11-14-25-48(41)57(53(44)54(45)58)37-19-8-5-9-20-37/h4-15,17-35,46H,3,16H2,1-2H3. The van der Waals surface area contributed by atoms with Gasteiger partial charge in [-0.3, -0.25) is 0 Å². The lowest BCUT2D eigenvalue weighted by Gasteiger charge is -2.29. The van der Waals surface area contributed by atoms with E-state index in [0.717, 1.165) is 24.2 Å². The van der Waals surface area contributed by atoms with E-state index in [9.17, 15) is 0 Å². The molecule has 0 aliphatic carbocycles. The van der Waals surface area contributed by atoms with E-state index >= 15 is 0 Å². The Kier molecular flexibility index (Phi) is 7.28. The van der Waals surface area contributed by atoms with Crippen LogP contribution in [0, 0.1) is 0 Å². The summed E-state index contributed by atoms with van der Waals surface area (Å²) in [5.41, 5.74) is 14.9. The summed E-state index contributed by atoms with van der Waals surface area (Å²) < 4.78 is 7.49. The number of para-hydroxylation sites is 5. The fourth-order valence-corrected chi connectivity index (χ4v) is 10.6. The van der Waals surface area contributed by atoms with Crippen LogP contribution < -0.4 is 4.90 Å². The van der Waals surface area contributed by atoms with Gasteiger partial charge in [0.05, 0.1) is 33.1 Å². The molecule has 0 amide bonds. The van der Waals surface area contributed by atoms with Gasteiger partial charge < -0.3 is 18.6 Å². The minimum atomic E-state index is 0.359. The van der Waals surface area contributed by atoms with Crippen molar-refractivity contribution in [1.82, 2.24) is 13.7 Å². The summed E-state index contributed by atoms with van der Waals surface area (Å²) in [5, 5.41) is 7.63. The Morgan fingerprint density at radius 1 is 0.379 bits per heavy atom. The minimum absolute atomic E-state index is 0.359. The van der Waals surface area contributed by atoms with E-state index in [1.165, 1.54) is 88.0 Å². The molecule has 0 spiro atoms. The molecule has 4 nitrogen and oxygen atoms in total. The van der Waals surface area contributed by atoms with E-state index in [-0.39, 0.29) is 0 Å². The molecule has 0 saturated heterocycles. The molecule has 8 aromatic carbocycles. The van der Waals surface area contributed by atoms with Gasteiger partial charge in [0, 0.05) is 78.3 Å². The first kappa shape index (κ1) is 33.1. The summed E-state index contributed by atoms with van der Waals surface area (Å²) in [6, 6.07) is 67.6. The molecular formula is C54H42N4. The number of anilines is 2. The van der Waals surface area contributed by atoms with Crippen molar-refractivity contribution in [1.29, 1.82) is 0 Å². The van der Waals surface area contributed by atoms with Gasteiger partial charge in [-0.05, 0) is 79.2 Å². The van der Waals surface area contributed by atoms with Crippen molar-refractivity contribution in [2.45, 2.75) is 38.6 Å². The van der Waals surface area contributed by atoms with Gasteiger partial charge in [-0.2, -0.15) is 0 Å². The largest absolute Gasteiger partial charge is 0.337 e. The third-order valence-corrected chi connectivity index (χ3v) is 12.9. The van der Waals surface area contributed by atoms with Crippen LogP contribution in [0.3, 0.4) is 0 Å². The number of nitrogens with zero attached hydrogens (tertiary/aromatic N) is 4. The maximum Gasteiger partial charge on any atom is 0.0788 e. The van der Waals surface area contributed by atoms with Gasteiger partial charge in [-0.15, -0.1) is 0 Å². The van der Waals surface area contributed by atoms with Crippen molar-refractivity contribution in [2.24, 2.45) is 0 Å². The molecule has 0 bridgehead atoms. The molecule has 2 unspecified atom stereocenters. The Hall–Kier alpha value is -7.04. The average Bonchev–Trinajstić information content (AvgIpc) is 3.99. The summed E-state index contributed by atoms with van der Waals surface area (Å²) in [5.74, 6) is 0.359. The highest BCUT2D eigenvalue weighted by Crippen LogP contribution is 2.51. The summed E-state index contributed by atoms with van der Waals surface area (Å²) in [6.45, 7) is 4.76. The Labute approximate surface area is 337 Å². The monoisotopic (exact) mass is 746 g/mol. The van der Waals surface area contributed by atoms with Crippen molar-refractivity contribution in [2.75, 3.05) is 4.90 Å². The Balaban J connectivity index is 1.11. The van der Waals surface area contributed by atoms with Gasteiger partial charge in [0.1, 0.15) is 0 Å². The predicted octanol–water partition coefficient (Wildman–Crippen LogP) is 14.4. The highest BCUT2D eigenvalue weighted by molar-refractivity contribution is 6.24.